The van der Waals surface area contributed by atoms with Crippen LogP contribution in [0, 0.1) is 16.7 Å². The zero-order valence-electron chi connectivity index (χ0n) is 12.4. The molecule has 0 aromatic heterocycles. The van der Waals surface area contributed by atoms with Crippen molar-refractivity contribution in [3.05, 3.63) is 0 Å². The van der Waals surface area contributed by atoms with Crippen LogP contribution in [0.3, 0.4) is 0 Å². The quantitative estimate of drug-likeness (QED) is 0.538. The van der Waals surface area contributed by atoms with Crippen LogP contribution in [-0.2, 0) is 9.53 Å². The molecule has 0 aromatic carbocycles. The minimum atomic E-state index is 0.0259. The normalized spacial score (nSPS) is 36.9. The lowest BCUT2D eigenvalue weighted by atomic mass is 9.70. The van der Waals surface area contributed by atoms with Crippen molar-refractivity contribution in [1.29, 1.82) is 0 Å². The molecule has 0 radical (unpaired) electrons. The van der Waals surface area contributed by atoms with Crippen LogP contribution in [0.2, 0.25) is 0 Å². The van der Waals surface area contributed by atoms with Crippen molar-refractivity contribution in [2.45, 2.75) is 78.7 Å². The molecule has 3 atom stereocenters. The summed E-state index contributed by atoms with van der Waals surface area (Å²) < 4.78 is 5.79. The van der Waals surface area contributed by atoms with Crippen molar-refractivity contribution in [2.75, 3.05) is 0 Å². The summed E-state index contributed by atoms with van der Waals surface area (Å²) in [7, 11) is 0. The number of hydrogen-bond acceptors (Lipinski definition) is 2. The van der Waals surface area contributed by atoms with Crippen LogP contribution in [0.5, 0.6) is 0 Å². The van der Waals surface area contributed by atoms with E-state index in [1.807, 2.05) is 0 Å². The standard InChI is InChI=1S/C16H28O2/c1-5-6-7-8-14(17)18-13-11-12-9-10-16(13,4)15(12,2)3/h12-13H,5-11H2,1-4H3/t12-,13-,16+/m1/s1. The third-order valence-corrected chi connectivity index (χ3v) is 5.97. The van der Waals surface area contributed by atoms with Crippen molar-refractivity contribution in [3.63, 3.8) is 0 Å². The first-order valence-electron chi connectivity index (χ1n) is 7.61. The van der Waals surface area contributed by atoms with Gasteiger partial charge in [-0.2, -0.15) is 0 Å². The lowest BCUT2D eigenvalue weighted by Gasteiger charge is -2.38. The van der Waals surface area contributed by atoms with Gasteiger partial charge in [-0.1, -0.05) is 40.5 Å². The number of carbonyl (C=O) groups excluding carboxylic acids is 1. The molecule has 0 heterocycles. The van der Waals surface area contributed by atoms with Gasteiger partial charge in [0, 0.05) is 11.8 Å². The second-order valence-electron chi connectivity index (χ2n) is 7.05. The molecule has 2 bridgehead atoms. The molecule has 2 aliphatic carbocycles. The molecule has 2 heteroatoms. The Bertz CT molecular complexity index is 321. The van der Waals surface area contributed by atoms with Crippen LogP contribution in [0.4, 0.5) is 0 Å². The van der Waals surface area contributed by atoms with Crippen LogP contribution < -0.4 is 0 Å². The van der Waals surface area contributed by atoms with E-state index in [1.165, 1.54) is 12.8 Å². The van der Waals surface area contributed by atoms with Gasteiger partial charge >= 0.3 is 5.97 Å². The van der Waals surface area contributed by atoms with Crippen LogP contribution in [0.25, 0.3) is 0 Å². The van der Waals surface area contributed by atoms with Crippen LogP contribution in [0.15, 0.2) is 0 Å². The number of rotatable bonds is 5. The minimum absolute atomic E-state index is 0.0259. The Hall–Kier alpha value is -0.530. The van der Waals surface area contributed by atoms with E-state index in [9.17, 15) is 4.79 Å². The van der Waals surface area contributed by atoms with Crippen LogP contribution >= 0.6 is 0 Å². The maximum atomic E-state index is 11.9. The zero-order chi connectivity index (χ0) is 13.4. The van der Waals surface area contributed by atoms with Gasteiger partial charge in [0.2, 0.25) is 0 Å². The van der Waals surface area contributed by atoms with E-state index < -0.39 is 0 Å². The van der Waals surface area contributed by atoms with Gasteiger partial charge in [0.25, 0.3) is 0 Å². The summed E-state index contributed by atoms with van der Waals surface area (Å²) in [6.45, 7) is 9.19. The van der Waals surface area contributed by atoms with Crippen LogP contribution in [0.1, 0.15) is 72.6 Å². The van der Waals surface area contributed by atoms with Gasteiger partial charge in [-0.3, -0.25) is 4.79 Å². The first-order chi connectivity index (χ1) is 8.41. The average molecular weight is 252 g/mol. The van der Waals surface area contributed by atoms with E-state index in [0.717, 1.165) is 31.6 Å². The number of carbonyl (C=O) groups is 1. The molecule has 0 spiro atoms. The first kappa shape index (κ1) is 13.9. The van der Waals surface area contributed by atoms with Crippen molar-refractivity contribution in [3.8, 4) is 0 Å². The number of esters is 1. The smallest absolute Gasteiger partial charge is 0.306 e. The largest absolute Gasteiger partial charge is 0.462 e. The molecule has 2 nitrogen and oxygen atoms in total. The number of ether oxygens (including phenoxy) is 1. The lowest BCUT2D eigenvalue weighted by Crippen LogP contribution is -2.38. The topological polar surface area (TPSA) is 26.3 Å². The summed E-state index contributed by atoms with van der Waals surface area (Å²) in [6.07, 6.45) is 7.65. The molecule has 18 heavy (non-hydrogen) atoms. The minimum Gasteiger partial charge on any atom is -0.462 e. The van der Waals surface area contributed by atoms with Gasteiger partial charge in [0.05, 0.1) is 0 Å². The summed E-state index contributed by atoms with van der Waals surface area (Å²) >= 11 is 0. The first-order valence-corrected chi connectivity index (χ1v) is 7.61. The molecule has 0 aromatic rings. The van der Waals surface area contributed by atoms with Gasteiger partial charge in [0.15, 0.2) is 0 Å². The lowest BCUT2D eigenvalue weighted by molar-refractivity contribution is -0.157. The number of fused-ring (bicyclic) bond motifs is 2. The fraction of sp³-hybridized carbons (Fsp3) is 0.938. The fourth-order valence-corrected chi connectivity index (χ4v) is 4.05. The zero-order valence-corrected chi connectivity index (χ0v) is 12.4. The number of unbranched alkanes of at least 4 members (excludes halogenated alkanes) is 2. The molecule has 0 amide bonds. The molecular weight excluding hydrogens is 224 g/mol. The molecule has 0 saturated heterocycles. The third kappa shape index (κ3) is 2.08. The van der Waals surface area contributed by atoms with E-state index in [2.05, 4.69) is 27.7 Å². The summed E-state index contributed by atoms with van der Waals surface area (Å²) in [4.78, 5) is 11.9. The SMILES string of the molecule is CCCCCC(=O)O[C@@H]1C[C@H]2CC[C@]1(C)C2(C)C. The van der Waals surface area contributed by atoms with Crippen molar-refractivity contribution in [1.82, 2.24) is 0 Å². The van der Waals surface area contributed by atoms with E-state index >= 15 is 0 Å². The predicted octanol–water partition coefficient (Wildman–Crippen LogP) is 4.32. The maximum Gasteiger partial charge on any atom is 0.306 e. The Labute approximate surface area is 111 Å². The highest BCUT2D eigenvalue weighted by molar-refractivity contribution is 5.69. The molecule has 2 saturated carbocycles. The Balaban J connectivity index is 1.90. The van der Waals surface area contributed by atoms with Gasteiger partial charge in [-0.15, -0.1) is 0 Å². The predicted molar refractivity (Wildman–Crippen MR) is 73.3 cm³/mol. The highest BCUT2D eigenvalue weighted by Gasteiger charge is 2.62. The number of hydrogen-bond donors (Lipinski definition) is 0. The van der Waals surface area contributed by atoms with E-state index in [0.29, 0.717) is 11.8 Å². The molecular formula is C16H28O2. The third-order valence-electron chi connectivity index (χ3n) is 5.97. The summed E-state index contributed by atoms with van der Waals surface area (Å²) in [5.74, 6) is 0.772. The fourth-order valence-electron chi connectivity index (χ4n) is 4.05. The maximum absolute atomic E-state index is 11.9. The second-order valence-corrected chi connectivity index (χ2v) is 7.05. The molecule has 2 rings (SSSR count). The Morgan fingerprint density at radius 3 is 2.50 bits per heavy atom. The van der Waals surface area contributed by atoms with E-state index in [1.54, 1.807) is 0 Å². The highest BCUT2D eigenvalue weighted by Crippen LogP contribution is 2.66. The molecule has 0 unspecified atom stereocenters. The molecule has 2 aliphatic rings. The second kappa shape index (κ2) is 4.86. The van der Waals surface area contributed by atoms with Gasteiger partial charge in [-0.25, -0.2) is 0 Å². The monoisotopic (exact) mass is 252 g/mol. The summed E-state index contributed by atoms with van der Waals surface area (Å²) in [5, 5.41) is 0. The van der Waals surface area contributed by atoms with E-state index in [-0.39, 0.29) is 17.5 Å². The summed E-state index contributed by atoms with van der Waals surface area (Å²) in [5.41, 5.74) is 0.541. The summed E-state index contributed by atoms with van der Waals surface area (Å²) in [6, 6.07) is 0. The highest BCUT2D eigenvalue weighted by atomic mass is 16.5. The van der Waals surface area contributed by atoms with Gasteiger partial charge in [-0.05, 0) is 37.0 Å². The Morgan fingerprint density at radius 1 is 1.28 bits per heavy atom. The Morgan fingerprint density at radius 2 is 2.00 bits per heavy atom. The van der Waals surface area contributed by atoms with Crippen LogP contribution in [-0.4, -0.2) is 12.1 Å². The van der Waals surface area contributed by atoms with Crippen molar-refractivity contribution < 1.29 is 9.53 Å². The van der Waals surface area contributed by atoms with Crippen molar-refractivity contribution in [2.24, 2.45) is 16.7 Å². The molecule has 0 aliphatic heterocycles. The van der Waals surface area contributed by atoms with Crippen molar-refractivity contribution >= 4 is 5.97 Å². The van der Waals surface area contributed by atoms with Gasteiger partial charge in [0.1, 0.15) is 6.10 Å². The van der Waals surface area contributed by atoms with E-state index in [4.69, 9.17) is 4.74 Å². The Kier molecular flexibility index (Phi) is 3.75. The molecule has 0 N–H and O–H groups in total. The van der Waals surface area contributed by atoms with Gasteiger partial charge < -0.3 is 4.74 Å². The molecule has 104 valence electrons. The average Bonchev–Trinajstić information content (AvgIpc) is 2.62. The molecule has 2 fully saturated rings.